The number of aliphatic hydroxyl groups is 1. The van der Waals surface area contributed by atoms with Crippen molar-refractivity contribution in [2.75, 3.05) is 6.61 Å². The van der Waals surface area contributed by atoms with Gasteiger partial charge in [0.1, 0.15) is 6.10 Å². The van der Waals surface area contributed by atoms with E-state index in [1.165, 1.54) is 19.3 Å². The van der Waals surface area contributed by atoms with E-state index in [4.69, 9.17) is 4.74 Å². The normalized spacial score (nSPS) is 25.2. The van der Waals surface area contributed by atoms with E-state index in [0.29, 0.717) is 12.7 Å². The summed E-state index contributed by atoms with van der Waals surface area (Å²) in [4.78, 5) is 0. The molecule has 2 rings (SSSR count). The van der Waals surface area contributed by atoms with Crippen LogP contribution in [0.2, 0.25) is 0 Å². The second-order valence-electron chi connectivity index (χ2n) is 5.77. The van der Waals surface area contributed by atoms with Gasteiger partial charge in [0.05, 0.1) is 12.7 Å². The molecule has 0 bridgehead atoms. The molecule has 0 spiro atoms. The Morgan fingerprint density at radius 3 is 2.84 bits per heavy atom. The zero-order chi connectivity index (χ0) is 13.7. The summed E-state index contributed by atoms with van der Waals surface area (Å²) in [6.45, 7) is 4.72. The van der Waals surface area contributed by atoms with Crippen LogP contribution < -0.4 is 0 Å². The van der Waals surface area contributed by atoms with E-state index in [1.807, 2.05) is 31.2 Å². The quantitative estimate of drug-likeness (QED) is 0.868. The molecule has 0 saturated heterocycles. The van der Waals surface area contributed by atoms with E-state index < -0.39 is 6.10 Å². The van der Waals surface area contributed by atoms with Crippen LogP contribution in [0, 0.1) is 12.8 Å². The Bertz CT molecular complexity index is 389. The van der Waals surface area contributed by atoms with Gasteiger partial charge in [-0.15, -0.1) is 0 Å². The molecule has 2 nitrogen and oxygen atoms in total. The van der Waals surface area contributed by atoms with Gasteiger partial charge in [-0.3, -0.25) is 0 Å². The Kier molecular flexibility index (Phi) is 5.41. The van der Waals surface area contributed by atoms with E-state index in [-0.39, 0.29) is 0 Å². The molecule has 1 aliphatic rings. The van der Waals surface area contributed by atoms with Crippen LogP contribution in [-0.2, 0) is 4.74 Å². The third-order valence-electron chi connectivity index (χ3n) is 4.35. The minimum atomic E-state index is -0.497. The smallest absolute Gasteiger partial charge is 0.103 e. The third kappa shape index (κ3) is 4.05. The summed E-state index contributed by atoms with van der Waals surface area (Å²) >= 11 is 0. The summed E-state index contributed by atoms with van der Waals surface area (Å²) in [7, 11) is 0. The Hall–Kier alpha value is -0.860. The van der Waals surface area contributed by atoms with Crippen LogP contribution in [0.3, 0.4) is 0 Å². The van der Waals surface area contributed by atoms with Crippen molar-refractivity contribution in [1.82, 2.24) is 0 Å². The van der Waals surface area contributed by atoms with Crippen LogP contribution in [0.1, 0.15) is 56.3 Å². The standard InChI is InChI=1S/C17H26O2/c1-3-14-8-6-9-15(11-14)19-12-17(18)16-10-5-4-7-13(16)2/h4-5,7,10,14-15,17-18H,3,6,8-9,11-12H2,1-2H3. The van der Waals surface area contributed by atoms with Gasteiger partial charge in [0.2, 0.25) is 0 Å². The van der Waals surface area contributed by atoms with Crippen molar-refractivity contribution in [3.05, 3.63) is 35.4 Å². The summed E-state index contributed by atoms with van der Waals surface area (Å²) in [6.07, 6.45) is 6.02. The Morgan fingerprint density at radius 2 is 2.11 bits per heavy atom. The maximum absolute atomic E-state index is 10.2. The topological polar surface area (TPSA) is 29.5 Å². The van der Waals surface area contributed by atoms with Gasteiger partial charge in [0, 0.05) is 0 Å². The number of rotatable bonds is 5. The van der Waals surface area contributed by atoms with Gasteiger partial charge in [0.15, 0.2) is 0 Å². The molecule has 1 fully saturated rings. The lowest BCUT2D eigenvalue weighted by molar-refractivity contribution is -0.0341. The van der Waals surface area contributed by atoms with Crippen molar-refractivity contribution in [1.29, 1.82) is 0 Å². The molecule has 106 valence electrons. The number of aliphatic hydroxyl groups excluding tert-OH is 1. The SMILES string of the molecule is CCC1CCCC(OCC(O)c2ccccc2C)C1. The highest BCUT2D eigenvalue weighted by Gasteiger charge is 2.22. The number of ether oxygens (including phenoxy) is 1. The number of hydrogen-bond acceptors (Lipinski definition) is 2. The molecule has 19 heavy (non-hydrogen) atoms. The van der Waals surface area contributed by atoms with Gasteiger partial charge in [-0.1, -0.05) is 50.5 Å². The van der Waals surface area contributed by atoms with Gasteiger partial charge in [-0.2, -0.15) is 0 Å². The molecular weight excluding hydrogens is 236 g/mol. The van der Waals surface area contributed by atoms with Crippen molar-refractivity contribution >= 4 is 0 Å². The van der Waals surface area contributed by atoms with Crippen molar-refractivity contribution in [2.24, 2.45) is 5.92 Å². The summed E-state index contributed by atoms with van der Waals surface area (Å²) < 4.78 is 5.94. The predicted octanol–water partition coefficient (Wildman–Crippen LogP) is 4.01. The summed E-state index contributed by atoms with van der Waals surface area (Å²) in [6, 6.07) is 7.99. The van der Waals surface area contributed by atoms with Crippen molar-refractivity contribution in [3.63, 3.8) is 0 Å². The lowest BCUT2D eigenvalue weighted by atomic mass is 9.85. The molecular formula is C17H26O2. The molecule has 1 aliphatic carbocycles. The maximum atomic E-state index is 10.2. The molecule has 1 saturated carbocycles. The van der Waals surface area contributed by atoms with E-state index in [2.05, 4.69) is 6.92 Å². The van der Waals surface area contributed by atoms with Crippen LogP contribution in [0.4, 0.5) is 0 Å². The van der Waals surface area contributed by atoms with Crippen molar-refractivity contribution in [3.8, 4) is 0 Å². The lowest BCUT2D eigenvalue weighted by Gasteiger charge is -2.29. The second kappa shape index (κ2) is 7.06. The van der Waals surface area contributed by atoms with Crippen LogP contribution >= 0.6 is 0 Å². The van der Waals surface area contributed by atoms with Gasteiger partial charge in [-0.25, -0.2) is 0 Å². The van der Waals surface area contributed by atoms with Crippen molar-refractivity contribution in [2.45, 2.75) is 58.2 Å². The fourth-order valence-electron chi connectivity index (χ4n) is 3.04. The first kappa shape index (κ1) is 14.5. The Morgan fingerprint density at radius 1 is 1.32 bits per heavy atom. The van der Waals surface area contributed by atoms with Gasteiger partial charge < -0.3 is 9.84 Å². The number of benzene rings is 1. The van der Waals surface area contributed by atoms with Gasteiger partial charge >= 0.3 is 0 Å². The maximum Gasteiger partial charge on any atom is 0.103 e. The number of hydrogen-bond donors (Lipinski definition) is 1. The highest BCUT2D eigenvalue weighted by molar-refractivity contribution is 5.27. The molecule has 0 heterocycles. The zero-order valence-electron chi connectivity index (χ0n) is 12.1. The molecule has 3 unspecified atom stereocenters. The van der Waals surface area contributed by atoms with Gasteiger partial charge in [-0.05, 0) is 36.8 Å². The molecule has 1 N–H and O–H groups in total. The molecule has 1 aromatic carbocycles. The van der Waals surface area contributed by atoms with E-state index in [9.17, 15) is 5.11 Å². The third-order valence-corrected chi connectivity index (χ3v) is 4.35. The molecule has 0 aliphatic heterocycles. The number of aryl methyl sites for hydroxylation is 1. The Balaban J connectivity index is 1.83. The van der Waals surface area contributed by atoms with E-state index in [1.54, 1.807) is 0 Å². The molecule has 3 atom stereocenters. The first-order chi connectivity index (χ1) is 9.20. The summed E-state index contributed by atoms with van der Waals surface area (Å²) in [5.41, 5.74) is 2.12. The first-order valence-electron chi connectivity index (χ1n) is 7.56. The van der Waals surface area contributed by atoms with Crippen LogP contribution in [-0.4, -0.2) is 17.8 Å². The summed E-state index contributed by atoms with van der Waals surface area (Å²) in [5, 5.41) is 10.2. The van der Waals surface area contributed by atoms with E-state index >= 15 is 0 Å². The average molecular weight is 262 g/mol. The minimum Gasteiger partial charge on any atom is -0.386 e. The monoisotopic (exact) mass is 262 g/mol. The van der Waals surface area contributed by atoms with Crippen LogP contribution in [0.25, 0.3) is 0 Å². The highest BCUT2D eigenvalue weighted by Crippen LogP contribution is 2.29. The lowest BCUT2D eigenvalue weighted by Crippen LogP contribution is -2.24. The second-order valence-corrected chi connectivity index (χ2v) is 5.77. The predicted molar refractivity (Wildman–Crippen MR) is 78.1 cm³/mol. The summed E-state index contributed by atoms with van der Waals surface area (Å²) in [5.74, 6) is 0.814. The molecule has 0 aromatic heterocycles. The van der Waals surface area contributed by atoms with Crippen molar-refractivity contribution < 1.29 is 9.84 Å². The molecule has 0 amide bonds. The first-order valence-corrected chi connectivity index (χ1v) is 7.56. The van der Waals surface area contributed by atoms with Crippen LogP contribution in [0.5, 0.6) is 0 Å². The van der Waals surface area contributed by atoms with E-state index in [0.717, 1.165) is 29.9 Å². The molecule has 1 aromatic rings. The fraction of sp³-hybridized carbons (Fsp3) is 0.647. The largest absolute Gasteiger partial charge is 0.386 e. The molecule has 2 heteroatoms. The highest BCUT2D eigenvalue weighted by atomic mass is 16.5. The minimum absolute atomic E-state index is 0.345. The zero-order valence-corrected chi connectivity index (χ0v) is 12.1. The average Bonchev–Trinajstić information content (AvgIpc) is 2.45. The molecule has 0 radical (unpaired) electrons. The fourth-order valence-corrected chi connectivity index (χ4v) is 3.04. The van der Waals surface area contributed by atoms with Crippen LogP contribution in [0.15, 0.2) is 24.3 Å². The van der Waals surface area contributed by atoms with Gasteiger partial charge in [0.25, 0.3) is 0 Å². The Labute approximate surface area is 116 Å².